The van der Waals surface area contributed by atoms with E-state index in [0.29, 0.717) is 18.8 Å². The van der Waals surface area contributed by atoms with E-state index in [1.54, 1.807) is 0 Å². The van der Waals surface area contributed by atoms with Crippen LogP contribution in [0.25, 0.3) is 22.1 Å². The zero-order valence-corrected chi connectivity index (χ0v) is 17.9. The predicted octanol–water partition coefficient (Wildman–Crippen LogP) is 4.17. The highest BCUT2D eigenvalue weighted by Crippen LogP contribution is 2.31. The maximum Gasteiger partial charge on any atom is 0.334 e. The summed E-state index contributed by atoms with van der Waals surface area (Å²) in [5.74, 6) is -3.64. The molecule has 34 heavy (non-hydrogen) atoms. The van der Waals surface area contributed by atoms with Crippen molar-refractivity contribution in [1.82, 2.24) is 30.2 Å². The molecular formula is C23H20F3N7O. The minimum absolute atomic E-state index is 0.0146. The summed E-state index contributed by atoms with van der Waals surface area (Å²) in [4.78, 5) is 19.6. The Bertz CT molecular complexity index is 1400. The van der Waals surface area contributed by atoms with Crippen LogP contribution in [0.4, 0.5) is 19.0 Å². The van der Waals surface area contributed by atoms with Crippen molar-refractivity contribution in [2.75, 3.05) is 18.4 Å². The number of benzene rings is 1. The van der Waals surface area contributed by atoms with E-state index in [9.17, 15) is 13.2 Å². The standard InChI is InChI=1S/C23H20F3N7O/c24-14-4-3-9-28-17(14)12-30-21-20-18(7-11-29-21)34-22(33-20)23(25,26)13-27-10-8-19-31-15-5-1-2-6-16(15)32-19/h1-7,9,11,27H,8,10,12-13H2,(H,29,30)(H,31,32). The van der Waals surface area contributed by atoms with Gasteiger partial charge in [-0.3, -0.25) is 4.98 Å². The highest BCUT2D eigenvalue weighted by atomic mass is 19.3. The van der Waals surface area contributed by atoms with Gasteiger partial charge in [0.2, 0.25) is 0 Å². The number of aromatic nitrogens is 5. The summed E-state index contributed by atoms with van der Waals surface area (Å²) in [5, 5.41) is 5.62. The van der Waals surface area contributed by atoms with Crippen molar-refractivity contribution in [3.63, 3.8) is 0 Å². The number of rotatable bonds is 9. The number of nitrogens with zero attached hydrogens (tertiary/aromatic N) is 4. The Labute approximate surface area is 191 Å². The molecule has 174 valence electrons. The Morgan fingerprint density at radius 1 is 1.00 bits per heavy atom. The predicted molar refractivity (Wildman–Crippen MR) is 120 cm³/mol. The molecule has 0 bridgehead atoms. The van der Waals surface area contributed by atoms with Crippen LogP contribution in [0.3, 0.4) is 0 Å². The molecule has 0 amide bonds. The zero-order valence-electron chi connectivity index (χ0n) is 17.9. The largest absolute Gasteiger partial charge is 0.435 e. The van der Waals surface area contributed by atoms with Crippen molar-refractivity contribution in [1.29, 1.82) is 0 Å². The maximum absolute atomic E-state index is 14.8. The van der Waals surface area contributed by atoms with E-state index in [2.05, 4.69) is 35.6 Å². The monoisotopic (exact) mass is 467 g/mol. The average Bonchev–Trinajstić information content (AvgIpc) is 3.46. The maximum atomic E-state index is 14.8. The number of anilines is 1. The van der Waals surface area contributed by atoms with Crippen LogP contribution in [-0.4, -0.2) is 38.0 Å². The zero-order chi connectivity index (χ0) is 23.5. The number of para-hydroxylation sites is 2. The van der Waals surface area contributed by atoms with Crippen LogP contribution >= 0.6 is 0 Å². The third-order valence-corrected chi connectivity index (χ3v) is 5.20. The van der Waals surface area contributed by atoms with E-state index in [1.807, 2.05) is 24.3 Å². The molecule has 11 heteroatoms. The number of alkyl halides is 2. The number of hydrogen-bond donors (Lipinski definition) is 3. The van der Waals surface area contributed by atoms with Crippen molar-refractivity contribution in [2.45, 2.75) is 18.9 Å². The van der Waals surface area contributed by atoms with Gasteiger partial charge in [0.05, 0.1) is 29.8 Å². The summed E-state index contributed by atoms with van der Waals surface area (Å²) >= 11 is 0. The van der Waals surface area contributed by atoms with Gasteiger partial charge in [-0.2, -0.15) is 8.78 Å². The second kappa shape index (κ2) is 9.10. The number of halogens is 3. The van der Waals surface area contributed by atoms with Crippen molar-refractivity contribution < 1.29 is 17.6 Å². The van der Waals surface area contributed by atoms with Crippen LogP contribution in [0.5, 0.6) is 0 Å². The normalized spacial score (nSPS) is 12.0. The van der Waals surface area contributed by atoms with Gasteiger partial charge in [-0.05, 0) is 24.3 Å². The Morgan fingerprint density at radius 3 is 2.74 bits per heavy atom. The summed E-state index contributed by atoms with van der Waals surface area (Å²) in [6, 6.07) is 11.8. The van der Waals surface area contributed by atoms with Crippen molar-refractivity contribution >= 4 is 28.0 Å². The molecule has 4 aromatic heterocycles. The minimum Gasteiger partial charge on any atom is -0.435 e. The molecule has 0 spiro atoms. The molecule has 4 heterocycles. The number of aromatic amines is 1. The van der Waals surface area contributed by atoms with Crippen molar-refractivity contribution in [3.05, 3.63) is 78.1 Å². The third kappa shape index (κ3) is 4.55. The number of fused-ring (bicyclic) bond motifs is 2. The summed E-state index contributed by atoms with van der Waals surface area (Å²) in [6.07, 6.45) is 3.32. The number of pyridine rings is 2. The SMILES string of the molecule is Fc1cccnc1CNc1nccc2oc(C(F)(F)CNCCc3nc4ccccc4[nH]3)nc12. The molecule has 0 aliphatic carbocycles. The van der Waals surface area contributed by atoms with Gasteiger partial charge in [-0.15, -0.1) is 0 Å². The van der Waals surface area contributed by atoms with E-state index < -0.39 is 24.2 Å². The van der Waals surface area contributed by atoms with Gasteiger partial charge >= 0.3 is 5.92 Å². The van der Waals surface area contributed by atoms with Crippen LogP contribution in [0.1, 0.15) is 17.4 Å². The lowest BCUT2D eigenvalue weighted by Gasteiger charge is -2.12. The fourth-order valence-corrected chi connectivity index (χ4v) is 3.51. The first-order valence-electron chi connectivity index (χ1n) is 10.6. The average molecular weight is 467 g/mol. The molecule has 1 aromatic carbocycles. The molecule has 0 saturated carbocycles. The lowest BCUT2D eigenvalue weighted by molar-refractivity contribution is -0.0279. The molecule has 5 rings (SSSR count). The first kappa shape index (κ1) is 21.8. The smallest absolute Gasteiger partial charge is 0.334 e. The third-order valence-electron chi connectivity index (χ3n) is 5.20. The Morgan fingerprint density at radius 2 is 1.88 bits per heavy atom. The quantitative estimate of drug-likeness (QED) is 0.280. The van der Waals surface area contributed by atoms with E-state index >= 15 is 0 Å². The molecule has 0 fully saturated rings. The second-order valence-electron chi connectivity index (χ2n) is 7.64. The summed E-state index contributed by atoms with van der Waals surface area (Å²) in [6.45, 7) is -0.351. The molecule has 0 saturated heterocycles. The molecule has 5 aromatic rings. The lowest BCUT2D eigenvalue weighted by atomic mass is 10.3. The molecule has 0 aliphatic heterocycles. The second-order valence-corrected chi connectivity index (χ2v) is 7.64. The van der Waals surface area contributed by atoms with Crippen LogP contribution in [0.15, 0.2) is 59.3 Å². The molecule has 0 unspecified atom stereocenters. The van der Waals surface area contributed by atoms with Gasteiger partial charge in [0.25, 0.3) is 5.89 Å². The number of imidazole rings is 1. The minimum atomic E-state index is -3.35. The Balaban J connectivity index is 1.23. The van der Waals surface area contributed by atoms with Gasteiger partial charge in [0.15, 0.2) is 16.9 Å². The first-order chi connectivity index (χ1) is 16.5. The molecule has 3 N–H and O–H groups in total. The lowest BCUT2D eigenvalue weighted by Crippen LogP contribution is -2.32. The molecule has 0 radical (unpaired) electrons. The molecule has 8 nitrogen and oxygen atoms in total. The van der Waals surface area contributed by atoms with E-state index in [-0.39, 0.29) is 29.2 Å². The molecule has 0 aliphatic rings. The van der Waals surface area contributed by atoms with Gasteiger partial charge in [0, 0.05) is 31.4 Å². The van der Waals surface area contributed by atoms with Crippen LogP contribution < -0.4 is 10.6 Å². The van der Waals surface area contributed by atoms with Gasteiger partial charge in [-0.1, -0.05) is 12.1 Å². The van der Waals surface area contributed by atoms with Gasteiger partial charge < -0.3 is 20.0 Å². The summed E-state index contributed by atoms with van der Waals surface area (Å²) in [7, 11) is 0. The topological polar surface area (TPSA) is 105 Å². The number of nitrogens with one attached hydrogen (secondary N) is 3. The van der Waals surface area contributed by atoms with Crippen LogP contribution in [0, 0.1) is 5.82 Å². The molecular weight excluding hydrogens is 447 g/mol. The summed E-state index contributed by atoms with van der Waals surface area (Å²) in [5.41, 5.74) is 2.19. The first-order valence-corrected chi connectivity index (χ1v) is 10.6. The number of oxazole rings is 1. The fraction of sp³-hybridized carbons (Fsp3) is 0.217. The number of hydrogen-bond acceptors (Lipinski definition) is 7. The highest BCUT2D eigenvalue weighted by molar-refractivity contribution is 5.84. The Hall–Kier alpha value is -3.99. The van der Waals surface area contributed by atoms with Crippen LogP contribution in [0.2, 0.25) is 0 Å². The van der Waals surface area contributed by atoms with Gasteiger partial charge in [0.1, 0.15) is 11.6 Å². The van der Waals surface area contributed by atoms with Gasteiger partial charge in [-0.25, -0.2) is 19.3 Å². The summed E-state index contributed by atoms with van der Waals surface area (Å²) < 4.78 is 48.7. The van der Waals surface area contributed by atoms with Crippen LogP contribution in [-0.2, 0) is 18.9 Å². The van der Waals surface area contributed by atoms with E-state index in [0.717, 1.165) is 11.0 Å². The van der Waals surface area contributed by atoms with Crippen molar-refractivity contribution in [3.8, 4) is 0 Å². The van der Waals surface area contributed by atoms with Crippen molar-refractivity contribution in [2.24, 2.45) is 0 Å². The Kier molecular flexibility index (Phi) is 5.84. The highest BCUT2D eigenvalue weighted by Gasteiger charge is 2.37. The van der Waals surface area contributed by atoms with E-state index in [4.69, 9.17) is 4.42 Å². The fourth-order valence-electron chi connectivity index (χ4n) is 3.51. The van der Waals surface area contributed by atoms with E-state index in [1.165, 1.54) is 30.6 Å². The molecule has 0 atom stereocenters. The number of H-pyrrole nitrogens is 1.